The van der Waals surface area contributed by atoms with Crippen LogP contribution >= 0.6 is 0 Å². The number of aryl methyl sites for hydroxylation is 1. The van der Waals surface area contributed by atoms with E-state index in [0.717, 1.165) is 29.7 Å². The second-order valence-corrected chi connectivity index (χ2v) is 6.71. The summed E-state index contributed by atoms with van der Waals surface area (Å²) in [6.45, 7) is 4.95. The van der Waals surface area contributed by atoms with Gasteiger partial charge in [-0.3, -0.25) is 9.59 Å². The Hall–Kier alpha value is -2.81. The molecule has 1 atom stereocenters. The van der Waals surface area contributed by atoms with E-state index in [4.69, 9.17) is 4.74 Å². The summed E-state index contributed by atoms with van der Waals surface area (Å²) in [5.74, 6) is -0.472. The Morgan fingerprint density at radius 2 is 2.22 bits per heavy atom. The lowest BCUT2D eigenvalue weighted by Crippen LogP contribution is -2.43. The number of rotatable bonds is 7. The fourth-order valence-electron chi connectivity index (χ4n) is 3.03. The second kappa shape index (κ2) is 8.72. The zero-order valence-electron chi connectivity index (χ0n) is 15.6. The van der Waals surface area contributed by atoms with Gasteiger partial charge >= 0.3 is 0 Å². The molecule has 1 fully saturated rings. The molecule has 2 heterocycles. The zero-order chi connectivity index (χ0) is 19.2. The van der Waals surface area contributed by atoms with Crippen LogP contribution < -0.4 is 5.32 Å². The van der Waals surface area contributed by atoms with E-state index in [-0.39, 0.29) is 31.0 Å². The van der Waals surface area contributed by atoms with Gasteiger partial charge in [-0.25, -0.2) is 4.68 Å². The molecular formula is C18H24N6O3. The molecule has 0 bridgehead atoms. The summed E-state index contributed by atoms with van der Waals surface area (Å²) >= 11 is 0. The molecule has 2 aromatic rings. The minimum atomic E-state index is -0.244. The van der Waals surface area contributed by atoms with Crippen molar-refractivity contribution >= 4 is 17.5 Å². The first-order valence-electron chi connectivity index (χ1n) is 8.99. The van der Waals surface area contributed by atoms with Gasteiger partial charge in [0.15, 0.2) is 0 Å². The summed E-state index contributed by atoms with van der Waals surface area (Å²) in [7, 11) is 0. The molecule has 0 aliphatic carbocycles. The monoisotopic (exact) mass is 372 g/mol. The third-order valence-corrected chi connectivity index (χ3v) is 4.70. The first-order chi connectivity index (χ1) is 13.0. The Bertz CT molecular complexity index is 786. The van der Waals surface area contributed by atoms with Gasteiger partial charge in [-0.15, -0.1) is 5.10 Å². The van der Waals surface area contributed by atoms with E-state index in [1.54, 1.807) is 0 Å². The van der Waals surface area contributed by atoms with Crippen molar-refractivity contribution in [2.75, 3.05) is 25.0 Å². The van der Waals surface area contributed by atoms with E-state index in [1.807, 2.05) is 32.0 Å². The van der Waals surface area contributed by atoms with Gasteiger partial charge in [0.05, 0.1) is 6.10 Å². The number of amides is 2. The van der Waals surface area contributed by atoms with E-state index in [1.165, 1.54) is 15.9 Å². The molecule has 1 aliphatic rings. The first kappa shape index (κ1) is 19.0. The smallest absolute Gasteiger partial charge is 0.244 e. The van der Waals surface area contributed by atoms with Crippen LogP contribution in [0, 0.1) is 13.8 Å². The quantitative estimate of drug-likeness (QED) is 0.776. The SMILES string of the molecule is Cc1cccc(NC(=O)CN(C[C@H]2CCCO2)C(=O)Cn2cnnn2)c1C. The molecule has 0 unspecified atom stereocenters. The Morgan fingerprint density at radius 1 is 1.37 bits per heavy atom. The van der Waals surface area contributed by atoms with E-state index in [0.29, 0.717) is 13.2 Å². The highest BCUT2D eigenvalue weighted by Gasteiger charge is 2.25. The molecule has 0 radical (unpaired) electrons. The highest BCUT2D eigenvalue weighted by atomic mass is 16.5. The molecule has 27 heavy (non-hydrogen) atoms. The van der Waals surface area contributed by atoms with E-state index >= 15 is 0 Å². The van der Waals surface area contributed by atoms with Gasteiger partial charge in [0, 0.05) is 18.8 Å². The van der Waals surface area contributed by atoms with Crippen LogP contribution in [0.4, 0.5) is 5.69 Å². The molecule has 1 aromatic carbocycles. The maximum Gasteiger partial charge on any atom is 0.244 e. The number of aromatic nitrogens is 4. The molecule has 0 saturated carbocycles. The predicted molar refractivity (Wildman–Crippen MR) is 97.9 cm³/mol. The van der Waals surface area contributed by atoms with Crippen molar-refractivity contribution in [1.82, 2.24) is 25.1 Å². The van der Waals surface area contributed by atoms with Crippen molar-refractivity contribution in [2.24, 2.45) is 0 Å². The standard InChI is InChI=1S/C18H24N6O3/c1-13-5-3-7-16(14(13)2)20-17(25)10-23(9-15-6-4-8-27-15)18(26)11-24-12-19-21-22-24/h3,5,7,12,15H,4,6,8-11H2,1-2H3,(H,20,25)/t15-/m1/s1. The topological polar surface area (TPSA) is 102 Å². The molecule has 1 saturated heterocycles. The molecular weight excluding hydrogens is 348 g/mol. The van der Waals surface area contributed by atoms with Gasteiger partial charge in [0.1, 0.15) is 19.4 Å². The van der Waals surface area contributed by atoms with Crippen molar-refractivity contribution in [1.29, 1.82) is 0 Å². The highest BCUT2D eigenvalue weighted by molar-refractivity contribution is 5.95. The Balaban J connectivity index is 1.66. The number of benzene rings is 1. The van der Waals surface area contributed by atoms with Crippen LogP contribution in [0.2, 0.25) is 0 Å². The lowest BCUT2D eigenvalue weighted by molar-refractivity contribution is -0.137. The van der Waals surface area contributed by atoms with Gasteiger partial charge in [-0.2, -0.15) is 0 Å². The van der Waals surface area contributed by atoms with Gasteiger partial charge in [-0.1, -0.05) is 12.1 Å². The molecule has 1 aromatic heterocycles. The largest absolute Gasteiger partial charge is 0.376 e. The maximum atomic E-state index is 12.7. The predicted octanol–water partition coefficient (Wildman–Crippen LogP) is 0.936. The number of hydrogen-bond donors (Lipinski definition) is 1. The van der Waals surface area contributed by atoms with Gasteiger partial charge < -0.3 is 15.0 Å². The normalized spacial score (nSPS) is 16.3. The third kappa shape index (κ3) is 5.10. The lowest BCUT2D eigenvalue weighted by atomic mass is 10.1. The van der Waals surface area contributed by atoms with E-state index in [2.05, 4.69) is 20.8 Å². The maximum absolute atomic E-state index is 12.7. The summed E-state index contributed by atoms with van der Waals surface area (Å²) < 4.78 is 6.97. The fourth-order valence-corrected chi connectivity index (χ4v) is 3.03. The number of ether oxygens (including phenoxy) is 1. The molecule has 0 spiro atoms. The van der Waals surface area contributed by atoms with Crippen molar-refractivity contribution < 1.29 is 14.3 Å². The number of anilines is 1. The third-order valence-electron chi connectivity index (χ3n) is 4.70. The average Bonchev–Trinajstić information content (AvgIpc) is 3.32. The highest BCUT2D eigenvalue weighted by Crippen LogP contribution is 2.18. The number of carbonyl (C=O) groups excluding carboxylic acids is 2. The van der Waals surface area contributed by atoms with Crippen molar-refractivity contribution in [2.45, 2.75) is 39.3 Å². The Morgan fingerprint density at radius 3 is 2.93 bits per heavy atom. The lowest BCUT2D eigenvalue weighted by Gasteiger charge is -2.25. The Kier molecular flexibility index (Phi) is 6.12. The summed E-state index contributed by atoms with van der Waals surface area (Å²) in [4.78, 5) is 26.8. The van der Waals surface area contributed by atoms with E-state index in [9.17, 15) is 9.59 Å². The molecule has 1 aliphatic heterocycles. The number of nitrogens with one attached hydrogen (secondary N) is 1. The van der Waals surface area contributed by atoms with Crippen LogP contribution in [0.25, 0.3) is 0 Å². The second-order valence-electron chi connectivity index (χ2n) is 6.71. The van der Waals surface area contributed by atoms with Gasteiger partial charge in [-0.05, 0) is 54.3 Å². The number of nitrogens with zero attached hydrogens (tertiary/aromatic N) is 5. The summed E-state index contributed by atoms with van der Waals surface area (Å²) in [5, 5.41) is 13.7. The number of tetrazole rings is 1. The molecule has 2 amide bonds. The Labute approximate surface area is 157 Å². The van der Waals surface area contributed by atoms with Gasteiger partial charge in [0.25, 0.3) is 0 Å². The fraction of sp³-hybridized carbons (Fsp3) is 0.500. The first-order valence-corrected chi connectivity index (χ1v) is 8.99. The van der Waals surface area contributed by atoms with E-state index < -0.39 is 0 Å². The van der Waals surface area contributed by atoms with Crippen LogP contribution in [0.5, 0.6) is 0 Å². The zero-order valence-corrected chi connectivity index (χ0v) is 15.6. The van der Waals surface area contributed by atoms with Crippen LogP contribution in [0.1, 0.15) is 24.0 Å². The molecule has 9 heteroatoms. The minimum Gasteiger partial charge on any atom is -0.376 e. The molecule has 144 valence electrons. The van der Waals surface area contributed by atoms with Gasteiger partial charge in [0.2, 0.25) is 11.8 Å². The summed E-state index contributed by atoms with van der Waals surface area (Å²) in [6, 6.07) is 5.74. The van der Waals surface area contributed by atoms with Crippen molar-refractivity contribution in [3.05, 3.63) is 35.7 Å². The summed E-state index contributed by atoms with van der Waals surface area (Å²) in [6.07, 6.45) is 3.18. The average molecular weight is 372 g/mol. The summed E-state index contributed by atoms with van der Waals surface area (Å²) in [5.41, 5.74) is 2.86. The van der Waals surface area contributed by atoms with Crippen molar-refractivity contribution in [3.8, 4) is 0 Å². The molecule has 3 rings (SSSR count). The number of hydrogen-bond acceptors (Lipinski definition) is 6. The molecule has 9 nitrogen and oxygen atoms in total. The van der Waals surface area contributed by atoms with Crippen LogP contribution in [0.15, 0.2) is 24.5 Å². The van der Waals surface area contributed by atoms with Crippen molar-refractivity contribution in [3.63, 3.8) is 0 Å². The van der Waals surface area contributed by atoms with Crippen LogP contribution in [-0.4, -0.2) is 62.7 Å². The number of carbonyl (C=O) groups is 2. The van der Waals surface area contributed by atoms with Crippen LogP contribution in [-0.2, 0) is 20.9 Å². The molecule has 1 N–H and O–H groups in total. The van der Waals surface area contributed by atoms with Crippen LogP contribution in [0.3, 0.4) is 0 Å². The minimum absolute atomic E-state index is 0.0174.